The molecule has 12 rings (SSSR count). The van der Waals surface area contributed by atoms with Gasteiger partial charge in [0.2, 0.25) is 0 Å². The van der Waals surface area contributed by atoms with Crippen LogP contribution in [-0.2, 0) is 0 Å². The Morgan fingerprint density at radius 1 is 0.356 bits per heavy atom. The summed E-state index contributed by atoms with van der Waals surface area (Å²) < 4.78 is 9.43. The smallest absolute Gasteiger partial charge is 0.161 e. The minimum atomic E-state index is 0.870. The average Bonchev–Trinajstić information content (AvgIpc) is 3.85. The Morgan fingerprint density at radius 2 is 0.949 bits per heavy atom. The van der Waals surface area contributed by atoms with Crippen LogP contribution in [-0.4, -0.2) is 4.57 Å². The van der Waals surface area contributed by atoms with Crippen LogP contribution < -0.4 is 4.90 Å². The van der Waals surface area contributed by atoms with Gasteiger partial charge in [0, 0.05) is 38.7 Å². The molecule has 0 spiro atoms. The van der Waals surface area contributed by atoms with Crippen LogP contribution in [0, 0.1) is 0 Å². The second kappa shape index (κ2) is 13.4. The van der Waals surface area contributed by atoms with Crippen molar-refractivity contribution in [3.63, 3.8) is 0 Å². The lowest BCUT2D eigenvalue weighted by Gasteiger charge is -2.29. The lowest BCUT2D eigenvalue weighted by Crippen LogP contribution is -2.12. The third-order valence-corrected chi connectivity index (χ3v) is 12.0. The van der Waals surface area contributed by atoms with Gasteiger partial charge < -0.3 is 13.9 Å². The van der Waals surface area contributed by atoms with E-state index in [1.165, 1.54) is 43.4 Å². The Bertz CT molecular complexity index is 3550. The molecule has 276 valence electrons. The molecule has 0 unspecified atom stereocenters. The number of nitrogens with zero attached hydrogens (tertiary/aromatic N) is 2. The zero-order valence-electron chi connectivity index (χ0n) is 32.1. The van der Waals surface area contributed by atoms with Crippen LogP contribution in [0.4, 0.5) is 17.1 Å². The van der Waals surface area contributed by atoms with Crippen LogP contribution in [0.1, 0.15) is 0 Å². The van der Waals surface area contributed by atoms with E-state index < -0.39 is 0 Å². The molecule has 0 amide bonds. The van der Waals surface area contributed by atoms with Crippen molar-refractivity contribution in [1.29, 1.82) is 0 Å². The SMILES string of the molecule is c1ccc(-n2c3ccccc3c3oc4c(-c5ccccc5N(c5ccc(-c6cccc7ccccc67)cc5)c5cc6ccccc6c6ccccc56)cccc4c32)cc1. The molecule has 59 heavy (non-hydrogen) atoms. The van der Waals surface area contributed by atoms with Crippen LogP contribution in [0.3, 0.4) is 0 Å². The molecular formula is C56H36N2O. The van der Waals surface area contributed by atoms with Crippen LogP contribution >= 0.6 is 0 Å². The van der Waals surface area contributed by atoms with E-state index in [-0.39, 0.29) is 0 Å². The van der Waals surface area contributed by atoms with Gasteiger partial charge in [0.25, 0.3) is 0 Å². The van der Waals surface area contributed by atoms with Crippen molar-refractivity contribution in [2.24, 2.45) is 0 Å². The quantitative estimate of drug-likeness (QED) is 0.158. The summed E-state index contributed by atoms with van der Waals surface area (Å²) in [4.78, 5) is 2.44. The number of furan rings is 1. The number of fused-ring (bicyclic) bond motifs is 9. The summed E-state index contributed by atoms with van der Waals surface area (Å²) >= 11 is 0. The molecule has 3 heteroatoms. The maximum atomic E-state index is 7.09. The zero-order chi connectivity index (χ0) is 38.9. The lowest BCUT2D eigenvalue weighted by molar-refractivity contribution is 0.674. The first kappa shape index (κ1) is 33.3. The Kier molecular flexibility index (Phi) is 7.54. The van der Waals surface area contributed by atoms with Crippen LogP contribution in [0.15, 0.2) is 223 Å². The first-order valence-electron chi connectivity index (χ1n) is 20.2. The van der Waals surface area contributed by atoms with E-state index in [9.17, 15) is 0 Å². The molecule has 0 aliphatic rings. The minimum absolute atomic E-state index is 0.870. The van der Waals surface area contributed by atoms with E-state index >= 15 is 0 Å². The van der Waals surface area contributed by atoms with Gasteiger partial charge in [-0.15, -0.1) is 0 Å². The number of hydrogen-bond donors (Lipinski definition) is 0. The Balaban J connectivity index is 1.11. The molecule has 0 bridgehead atoms. The highest BCUT2D eigenvalue weighted by Crippen LogP contribution is 2.48. The third-order valence-electron chi connectivity index (χ3n) is 12.0. The Morgan fingerprint density at radius 3 is 1.80 bits per heavy atom. The highest BCUT2D eigenvalue weighted by atomic mass is 16.3. The summed E-state index contributed by atoms with van der Waals surface area (Å²) in [5.74, 6) is 0. The topological polar surface area (TPSA) is 21.3 Å². The normalized spacial score (nSPS) is 11.7. The second-order valence-electron chi connectivity index (χ2n) is 15.2. The number of para-hydroxylation sites is 4. The maximum absolute atomic E-state index is 7.09. The molecular weight excluding hydrogens is 717 g/mol. The van der Waals surface area contributed by atoms with Crippen molar-refractivity contribution in [1.82, 2.24) is 4.57 Å². The average molecular weight is 753 g/mol. The Hall–Kier alpha value is -7.88. The first-order chi connectivity index (χ1) is 29.3. The molecule has 10 aromatic carbocycles. The van der Waals surface area contributed by atoms with Gasteiger partial charge in [-0.2, -0.15) is 0 Å². The van der Waals surface area contributed by atoms with Gasteiger partial charge in [0.15, 0.2) is 5.58 Å². The van der Waals surface area contributed by atoms with Crippen molar-refractivity contribution in [2.75, 3.05) is 4.90 Å². The monoisotopic (exact) mass is 752 g/mol. The number of hydrogen-bond acceptors (Lipinski definition) is 2. The van der Waals surface area contributed by atoms with Crippen molar-refractivity contribution in [2.45, 2.75) is 0 Å². The standard InChI is InChI=1S/C56H36N2O/c1-2-19-40(20-3-1)58-52-31-13-11-26-49(52)56-54(58)50-29-15-28-48(55(50)59-56)47-25-10-12-30-51(47)57(53-36-39-17-5-7-22-44(39)45-23-8-9-24-46(45)53)41-34-32-38(33-35-41)43-27-14-18-37-16-4-6-21-42(37)43/h1-36H. The fourth-order valence-corrected chi connectivity index (χ4v) is 9.34. The number of aromatic nitrogens is 1. The molecule has 0 N–H and O–H groups in total. The molecule has 0 aliphatic carbocycles. The highest BCUT2D eigenvalue weighted by molar-refractivity contribution is 6.19. The van der Waals surface area contributed by atoms with E-state index in [1.807, 2.05) is 0 Å². The van der Waals surface area contributed by atoms with Crippen molar-refractivity contribution >= 4 is 82.4 Å². The summed E-state index contributed by atoms with van der Waals surface area (Å²) in [5, 5.41) is 9.50. The van der Waals surface area contributed by atoms with Gasteiger partial charge in [0.05, 0.1) is 16.9 Å². The molecule has 0 aliphatic heterocycles. The summed E-state index contributed by atoms with van der Waals surface area (Å²) in [6.45, 7) is 0. The molecule has 0 saturated heterocycles. The van der Waals surface area contributed by atoms with Gasteiger partial charge in [-0.3, -0.25) is 0 Å². The first-order valence-corrected chi connectivity index (χ1v) is 20.2. The van der Waals surface area contributed by atoms with Crippen molar-refractivity contribution < 1.29 is 4.42 Å². The summed E-state index contributed by atoms with van der Waals surface area (Å²) in [6.07, 6.45) is 0. The minimum Gasteiger partial charge on any atom is -0.453 e. The van der Waals surface area contributed by atoms with Crippen LogP contribution in [0.25, 0.3) is 93.2 Å². The van der Waals surface area contributed by atoms with Gasteiger partial charge >= 0.3 is 0 Å². The predicted octanol–water partition coefficient (Wildman–Crippen LogP) is 15.8. The molecule has 2 aromatic heterocycles. The number of benzene rings is 10. The van der Waals surface area contributed by atoms with E-state index in [1.54, 1.807) is 0 Å². The highest BCUT2D eigenvalue weighted by Gasteiger charge is 2.25. The largest absolute Gasteiger partial charge is 0.453 e. The van der Waals surface area contributed by atoms with Crippen LogP contribution in [0.5, 0.6) is 0 Å². The fraction of sp³-hybridized carbons (Fsp3) is 0. The van der Waals surface area contributed by atoms with E-state index in [2.05, 4.69) is 228 Å². The maximum Gasteiger partial charge on any atom is 0.161 e. The van der Waals surface area contributed by atoms with E-state index in [0.717, 1.165) is 66.8 Å². The van der Waals surface area contributed by atoms with Crippen LogP contribution in [0.2, 0.25) is 0 Å². The summed E-state index contributed by atoms with van der Waals surface area (Å²) in [5.41, 5.74) is 12.9. The molecule has 0 radical (unpaired) electrons. The molecule has 0 saturated carbocycles. The second-order valence-corrected chi connectivity index (χ2v) is 15.2. The number of anilines is 3. The predicted molar refractivity (Wildman–Crippen MR) is 249 cm³/mol. The Labute approximate surface area is 341 Å². The summed E-state index contributed by atoms with van der Waals surface area (Å²) in [7, 11) is 0. The fourth-order valence-electron chi connectivity index (χ4n) is 9.34. The van der Waals surface area contributed by atoms with Crippen molar-refractivity contribution in [3.05, 3.63) is 218 Å². The lowest BCUT2D eigenvalue weighted by atomic mass is 9.96. The molecule has 2 heterocycles. The molecule has 3 nitrogen and oxygen atoms in total. The molecule has 0 atom stereocenters. The van der Waals surface area contributed by atoms with Gasteiger partial charge in [0.1, 0.15) is 11.1 Å². The van der Waals surface area contributed by atoms with Crippen molar-refractivity contribution in [3.8, 4) is 27.9 Å². The zero-order valence-corrected chi connectivity index (χ0v) is 32.1. The van der Waals surface area contributed by atoms with Gasteiger partial charge in [-0.05, 0) is 92.7 Å². The third kappa shape index (κ3) is 5.22. The molecule has 12 aromatic rings. The molecule has 0 fully saturated rings. The van der Waals surface area contributed by atoms with E-state index in [0.29, 0.717) is 0 Å². The van der Waals surface area contributed by atoms with Gasteiger partial charge in [-0.25, -0.2) is 0 Å². The summed E-state index contributed by atoms with van der Waals surface area (Å²) in [6, 6.07) is 78.6. The van der Waals surface area contributed by atoms with Gasteiger partial charge in [-0.1, -0.05) is 164 Å². The van der Waals surface area contributed by atoms with E-state index in [4.69, 9.17) is 4.42 Å². The number of rotatable bonds is 6.